The monoisotopic (exact) mass is 516 g/mol. The van der Waals surface area contributed by atoms with Crippen LogP contribution in [0.25, 0.3) is 11.3 Å². The van der Waals surface area contributed by atoms with Crippen molar-refractivity contribution in [3.63, 3.8) is 0 Å². The summed E-state index contributed by atoms with van der Waals surface area (Å²) in [5.74, 6) is 1.38. The van der Waals surface area contributed by atoms with E-state index in [-0.39, 0.29) is 30.2 Å². The Bertz CT molecular complexity index is 1390. The van der Waals surface area contributed by atoms with Gasteiger partial charge < -0.3 is 24.7 Å². The number of amides is 1. The topological polar surface area (TPSA) is 79.6 Å². The average molecular weight is 517 g/mol. The van der Waals surface area contributed by atoms with Crippen LogP contribution in [0.1, 0.15) is 30.0 Å². The van der Waals surface area contributed by atoms with Crippen molar-refractivity contribution in [2.45, 2.75) is 18.5 Å². The predicted molar refractivity (Wildman–Crippen MR) is 143 cm³/mol. The Kier molecular flexibility index (Phi) is 7.14. The molecule has 2 N–H and O–H groups in total. The fourth-order valence-corrected chi connectivity index (χ4v) is 4.75. The van der Waals surface area contributed by atoms with E-state index >= 15 is 0 Å². The molecule has 5 rings (SSSR count). The van der Waals surface area contributed by atoms with Crippen LogP contribution in [0.2, 0.25) is 0 Å². The highest BCUT2D eigenvalue weighted by Gasteiger charge is 2.41. The summed E-state index contributed by atoms with van der Waals surface area (Å²) >= 11 is 5.68. The summed E-state index contributed by atoms with van der Waals surface area (Å²) in [5.41, 5.74) is 2.17. The number of nitrogens with zero attached hydrogens (tertiary/aromatic N) is 2. The molecule has 3 heterocycles. The SMILES string of the molecule is COc1ccccc1NC(=O)CCN1C(=S)N[C@H](c2ccccn2)[C@@H]1c1ccc(-c2ccc(F)cc2)o1. The fourth-order valence-electron chi connectivity index (χ4n) is 4.42. The number of anilines is 1. The van der Waals surface area contributed by atoms with Gasteiger partial charge in [-0.2, -0.15) is 0 Å². The third kappa shape index (κ3) is 5.31. The van der Waals surface area contributed by atoms with Gasteiger partial charge >= 0.3 is 0 Å². The lowest BCUT2D eigenvalue weighted by atomic mass is 10.0. The highest BCUT2D eigenvalue weighted by molar-refractivity contribution is 7.80. The summed E-state index contributed by atoms with van der Waals surface area (Å²) in [6, 6.07) is 22.2. The summed E-state index contributed by atoms with van der Waals surface area (Å²) in [5, 5.41) is 6.76. The van der Waals surface area contributed by atoms with Crippen molar-refractivity contribution in [2.75, 3.05) is 19.0 Å². The van der Waals surface area contributed by atoms with Gasteiger partial charge in [0.05, 0.1) is 24.5 Å². The molecule has 2 aromatic heterocycles. The van der Waals surface area contributed by atoms with Crippen LogP contribution < -0.4 is 15.4 Å². The molecule has 37 heavy (non-hydrogen) atoms. The molecular formula is C28H25FN4O3S. The van der Waals surface area contributed by atoms with Crippen LogP contribution in [0.4, 0.5) is 10.1 Å². The smallest absolute Gasteiger partial charge is 0.226 e. The van der Waals surface area contributed by atoms with Gasteiger partial charge in [-0.25, -0.2) is 4.39 Å². The van der Waals surface area contributed by atoms with Gasteiger partial charge in [0.15, 0.2) is 5.11 Å². The van der Waals surface area contributed by atoms with Gasteiger partial charge in [-0.3, -0.25) is 9.78 Å². The molecule has 1 aliphatic rings. The van der Waals surface area contributed by atoms with Crippen LogP contribution in [0.3, 0.4) is 0 Å². The van der Waals surface area contributed by atoms with Crippen LogP contribution in [0.5, 0.6) is 5.75 Å². The molecule has 2 atom stereocenters. The Hall–Kier alpha value is -4.24. The van der Waals surface area contributed by atoms with Crippen LogP contribution in [-0.4, -0.2) is 34.6 Å². The van der Waals surface area contributed by atoms with Crippen LogP contribution in [-0.2, 0) is 4.79 Å². The van der Waals surface area contributed by atoms with Crippen LogP contribution >= 0.6 is 12.2 Å². The van der Waals surface area contributed by atoms with Crippen molar-refractivity contribution in [3.8, 4) is 17.1 Å². The Morgan fingerprint density at radius 1 is 1.11 bits per heavy atom. The van der Waals surface area contributed by atoms with E-state index < -0.39 is 0 Å². The summed E-state index contributed by atoms with van der Waals surface area (Å²) in [4.78, 5) is 19.3. The number of thiocarbonyl (C=S) groups is 1. The van der Waals surface area contributed by atoms with Gasteiger partial charge in [-0.05, 0) is 72.9 Å². The number of para-hydroxylation sites is 2. The second-order valence-corrected chi connectivity index (χ2v) is 8.91. The number of carbonyl (C=O) groups is 1. The zero-order chi connectivity index (χ0) is 25.8. The maximum Gasteiger partial charge on any atom is 0.226 e. The van der Waals surface area contributed by atoms with Crippen molar-refractivity contribution < 1.29 is 18.3 Å². The largest absolute Gasteiger partial charge is 0.495 e. The van der Waals surface area contributed by atoms with E-state index in [1.54, 1.807) is 37.6 Å². The number of halogens is 1. The van der Waals surface area contributed by atoms with Gasteiger partial charge in [0.1, 0.15) is 29.1 Å². The minimum atomic E-state index is -0.337. The average Bonchev–Trinajstić information content (AvgIpc) is 3.53. The minimum absolute atomic E-state index is 0.168. The molecule has 0 aliphatic carbocycles. The summed E-state index contributed by atoms with van der Waals surface area (Å²) in [6.07, 6.45) is 1.92. The normalized spacial score (nSPS) is 16.9. The van der Waals surface area contributed by atoms with Crippen molar-refractivity contribution in [1.82, 2.24) is 15.2 Å². The molecule has 0 radical (unpaired) electrons. The second kappa shape index (κ2) is 10.8. The van der Waals surface area contributed by atoms with E-state index in [9.17, 15) is 9.18 Å². The highest BCUT2D eigenvalue weighted by atomic mass is 32.1. The van der Waals surface area contributed by atoms with E-state index in [2.05, 4.69) is 15.6 Å². The van der Waals surface area contributed by atoms with Gasteiger partial charge in [0.2, 0.25) is 5.91 Å². The molecular weight excluding hydrogens is 491 g/mol. The maximum atomic E-state index is 13.4. The number of ether oxygens (including phenoxy) is 1. The number of furan rings is 1. The molecule has 0 unspecified atom stereocenters. The fraction of sp³-hybridized carbons (Fsp3) is 0.179. The maximum absolute atomic E-state index is 13.4. The number of methoxy groups -OCH3 is 1. The number of rotatable bonds is 8. The van der Waals surface area contributed by atoms with Gasteiger partial charge in [0.25, 0.3) is 0 Å². The first-order chi connectivity index (χ1) is 18.0. The third-order valence-electron chi connectivity index (χ3n) is 6.21. The molecule has 2 aromatic carbocycles. The van der Waals surface area contributed by atoms with Crippen LogP contribution in [0, 0.1) is 5.82 Å². The lowest BCUT2D eigenvalue weighted by molar-refractivity contribution is -0.116. The molecule has 188 valence electrons. The zero-order valence-electron chi connectivity index (χ0n) is 20.1. The number of hydrogen-bond acceptors (Lipinski definition) is 5. The first kappa shape index (κ1) is 24.5. The predicted octanol–water partition coefficient (Wildman–Crippen LogP) is 5.49. The second-order valence-electron chi connectivity index (χ2n) is 8.53. The summed E-state index contributed by atoms with van der Waals surface area (Å²) in [7, 11) is 1.56. The number of carbonyl (C=O) groups excluding carboxylic acids is 1. The first-order valence-corrected chi connectivity index (χ1v) is 12.2. The molecule has 4 aromatic rings. The quantitative estimate of drug-likeness (QED) is 0.300. The van der Waals surface area contributed by atoms with Crippen molar-refractivity contribution in [1.29, 1.82) is 0 Å². The van der Waals surface area contributed by atoms with Gasteiger partial charge in [0, 0.05) is 24.7 Å². The lowest BCUT2D eigenvalue weighted by Gasteiger charge is -2.26. The van der Waals surface area contributed by atoms with Crippen LogP contribution in [0.15, 0.2) is 89.5 Å². The number of pyridine rings is 1. The zero-order valence-corrected chi connectivity index (χ0v) is 20.9. The molecule has 9 heteroatoms. The number of nitrogens with one attached hydrogen (secondary N) is 2. The molecule has 1 fully saturated rings. The summed E-state index contributed by atoms with van der Waals surface area (Å²) in [6.45, 7) is 0.355. The molecule has 1 amide bonds. The Balaban J connectivity index is 1.39. The Morgan fingerprint density at radius 2 is 1.89 bits per heavy atom. The van der Waals surface area contributed by atoms with E-state index in [0.29, 0.717) is 34.6 Å². The van der Waals surface area contributed by atoms with Crippen molar-refractivity contribution in [2.24, 2.45) is 0 Å². The highest BCUT2D eigenvalue weighted by Crippen LogP contribution is 2.40. The third-order valence-corrected chi connectivity index (χ3v) is 6.56. The Labute approximate surface area is 219 Å². The number of benzene rings is 2. The van der Waals surface area contributed by atoms with Gasteiger partial charge in [-0.1, -0.05) is 18.2 Å². The molecule has 0 bridgehead atoms. The number of aromatic nitrogens is 1. The molecule has 0 spiro atoms. The summed E-state index contributed by atoms with van der Waals surface area (Å²) < 4.78 is 25.0. The van der Waals surface area contributed by atoms with Crippen molar-refractivity contribution >= 4 is 28.9 Å². The van der Waals surface area contributed by atoms with Crippen molar-refractivity contribution in [3.05, 3.63) is 102 Å². The van der Waals surface area contributed by atoms with E-state index in [1.807, 2.05) is 47.4 Å². The number of hydrogen-bond donors (Lipinski definition) is 2. The van der Waals surface area contributed by atoms with E-state index in [1.165, 1.54) is 12.1 Å². The van der Waals surface area contributed by atoms with E-state index in [4.69, 9.17) is 21.4 Å². The molecule has 7 nitrogen and oxygen atoms in total. The minimum Gasteiger partial charge on any atom is -0.495 e. The standard InChI is InChI=1S/C28H25FN4O3S/c1-35-23-8-3-2-6-20(23)31-25(34)15-17-33-27(26(32-28(33)37)21-7-4-5-16-30-21)24-14-13-22(36-24)18-9-11-19(29)12-10-18/h2-14,16,26-27H,15,17H2,1H3,(H,31,34)(H,32,37)/t26-,27+/m1/s1. The lowest BCUT2D eigenvalue weighted by Crippen LogP contribution is -2.32. The van der Waals surface area contributed by atoms with Gasteiger partial charge in [-0.15, -0.1) is 0 Å². The van der Waals surface area contributed by atoms with E-state index in [0.717, 1.165) is 11.3 Å². The Morgan fingerprint density at radius 3 is 2.65 bits per heavy atom. The first-order valence-electron chi connectivity index (χ1n) is 11.8. The molecule has 0 saturated carbocycles. The molecule has 1 saturated heterocycles. The molecule has 1 aliphatic heterocycles.